The second-order valence-electron chi connectivity index (χ2n) is 6.19. The molecular weight excluding hydrogens is 282 g/mol. The lowest BCUT2D eigenvalue weighted by molar-refractivity contribution is 0.439. The standard InChI is InChI=1S/C17H18ClN3/c18-15-10-16(19-14-9-11-6-7-13(14)8-11)21-17(20-15)12-4-2-1-3-5-12/h1-5,10-11,13-14H,6-9H2,(H,19,20,21). The van der Waals surface area contributed by atoms with Gasteiger partial charge in [0.2, 0.25) is 0 Å². The zero-order valence-electron chi connectivity index (χ0n) is 11.8. The van der Waals surface area contributed by atoms with Crippen LogP contribution >= 0.6 is 11.6 Å². The fourth-order valence-corrected chi connectivity index (χ4v) is 4.00. The van der Waals surface area contributed by atoms with Crippen molar-refractivity contribution in [2.45, 2.75) is 31.7 Å². The van der Waals surface area contributed by atoms with E-state index in [1.165, 1.54) is 25.7 Å². The van der Waals surface area contributed by atoms with Crippen molar-refractivity contribution in [1.29, 1.82) is 0 Å². The Morgan fingerprint density at radius 2 is 1.90 bits per heavy atom. The van der Waals surface area contributed by atoms with Gasteiger partial charge < -0.3 is 5.32 Å². The fraction of sp³-hybridized carbons (Fsp3) is 0.412. The van der Waals surface area contributed by atoms with E-state index in [2.05, 4.69) is 15.3 Å². The summed E-state index contributed by atoms with van der Waals surface area (Å²) in [7, 11) is 0. The number of benzene rings is 1. The van der Waals surface area contributed by atoms with E-state index in [4.69, 9.17) is 11.6 Å². The molecule has 4 rings (SSSR count). The van der Waals surface area contributed by atoms with E-state index in [1.54, 1.807) is 0 Å². The minimum Gasteiger partial charge on any atom is -0.367 e. The Morgan fingerprint density at radius 3 is 2.62 bits per heavy atom. The molecule has 0 spiro atoms. The van der Waals surface area contributed by atoms with Gasteiger partial charge in [-0.25, -0.2) is 9.97 Å². The monoisotopic (exact) mass is 299 g/mol. The Balaban J connectivity index is 1.59. The highest BCUT2D eigenvalue weighted by molar-refractivity contribution is 6.29. The normalized spacial score (nSPS) is 27.0. The van der Waals surface area contributed by atoms with Crippen molar-refractivity contribution in [1.82, 2.24) is 9.97 Å². The molecule has 1 aromatic carbocycles. The van der Waals surface area contributed by atoms with Crippen molar-refractivity contribution >= 4 is 17.4 Å². The van der Waals surface area contributed by atoms with Gasteiger partial charge in [0.05, 0.1) is 0 Å². The van der Waals surface area contributed by atoms with Crippen LogP contribution in [0.15, 0.2) is 36.4 Å². The van der Waals surface area contributed by atoms with Crippen molar-refractivity contribution < 1.29 is 0 Å². The Labute approximate surface area is 129 Å². The number of anilines is 1. The number of hydrogen-bond donors (Lipinski definition) is 1. The number of nitrogens with one attached hydrogen (secondary N) is 1. The predicted molar refractivity (Wildman–Crippen MR) is 85.3 cm³/mol. The average molecular weight is 300 g/mol. The quantitative estimate of drug-likeness (QED) is 0.854. The molecule has 1 aromatic heterocycles. The highest BCUT2D eigenvalue weighted by Gasteiger charge is 2.39. The zero-order chi connectivity index (χ0) is 14.2. The first-order valence-electron chi connectivity index (χ1n) is 7.64. The predicted octanol–water partition coefficient (Wildman–Crippen LogP) is 4.40. The van der Waals surface area contributed by atoms with E-state index >= 15 is 0 Å². The Bertz CT molecular complexity index is 644. The number of aromatic nitrogens is 2. The minimum atomic E-state index is 0.495. The molecule has 3 unspecified atom stereocenters. The molecule has 0 aliphatic heterocycles. The van der Waals surface area contributed by atoms with Crippen molar-refractivity contribution in [3.63, 3.8) is 0 Å². The van der Waals surface area contributed by atoms with Crippen LogP contribution in [0.25, 0.3) is 11.4 Å². The molecule has 0 radical (unpaired) electrons. The van der Waals surface area contributed by atoms with Gasteiger partial charge in [-0.1, -0.05) is 48.4 Å². The summed E-state index contributed by atoms with van der Waals surface area (Å²) in [5.41, 5.74) is 0.996. The molecule has 3 nitrogen and oxygen atoms in total. The molecule has 2 aliphatic carbocycles. The summed E-state index contributed by atoms with van der Waals surface area (Å²) in [6, 6.07) is 12.4. The van der Waals surface area contributed by atoms with Crippen molar-refractivity contribution in [3.05, 3.63) is 41.6 Å². The molecule has 2 bridgehead atoms. The van der Waals surface area contributed by atoms with Crippen LogP contribution in [-0.4, -0.2) is 16.0 Å². The van der Waals surface area contributed by atoms with E-state index < -0.39 is 0 Å². The topological polar surface area (TPSA) is 37.8 Å². The van der Waals surface area contributed by atoms with Crippen molar-refractivity contribution in [3.8, 4) is 11.4 Å². The maximum Gasteiger partial charge on any atom is 0.163 e. The van der Waals surface area contributed by atoms with Crippen molar-refractivity contribution in [2.24, 2.45) is 11.8 Å². The van der Waals surface area contributed by atoms with Crippen LogP contribution in [0.3, 0.4) is 0 Å². The average Bonchev–Trinajstić information content (AvgIpc) is 3.10. The number of rotatable bonds is 3. The van der Waals surface area contributed by atoms with Crippen LogP contribution in [0.2, 0.25) is 5.15 Å². The van der Waals surface area contributed by atoms with Gasteiger partial charge in [0.1, 0.15) is 11.0 Å². The summed E-state index contributed by atoms with van der Waals surface area (Å²) in [6.07, 6.45) is 5.41. The molecule has 2 aromatic rings. The zero-order valence-corrected chi connectivity index (χ0v) is 12.6. The molecule has 2 saturated carbocycles. The smallest absolute Gasteiger partial charge is 0.163 e. The van der Waals surface area contributed by atoms with Crippen LogP contribution in [0.5, 0.6) is 0 Å². The number of hydrogen-bond acceptors (Lipinski definition) is 3. The van der Waals surface area contributed by atoms with Crippen LogP contribution < -0.4 is 5.32 Å². The largest absolute Gasteiger partial charge is 0.367 e. The first-order chi connectivity index (χ1) is 10.3. The number of fused-ring (bicyclic) bond motifs is 2. The molecule has 2 fully saturated rings. The Kier molecular flexibility index (Phi) is 3.30. The SMILES string of the molecule is Clc1cc(NC2CC3CCC2C3)nc(-c2ccccc2)n1. The molecule has 0 amide bonds. The van der Waals surface area contributed by atoms with Crippen molar-refractivity contribution in [2.75, 3.05) is 5.32 Å². The van der Waals surface area contributed by atoms with E-state index in [1.807, 2.05) is 36.4 Å². The van der Waals surface area contributed by atoms with Gasteiger partial charge in [-0.05, 0) is 31.1 Å². The summed E-state index contributed by atoms with van der Waals surface area (Å²) in [6.45, 7) is 0. The van der Waals surface area contributed by atoms with Crippen LogP contribution in [0.1, 0.15) is 25.7 Å². The molecule has 108 valence electrons. The second kappa shape index (κ2) is 5.30. The lowest BCUT2D eigenvalue weighted by Crippen LogP contribution is -2.26. The van der Waals surface area contributed by atoms with E-state index in [0.29, 0.717) is 17.0 Å². The highest BCUT2D eigenvalue weighted by atomic mass is 35.5. The lowest BCUT2D eigenvalue weighted by atomic mass is 9.95. The first kappa shape index (κ1) is 13.1. The van der Waals surface area contributed by atoms with E-state index in [0.717, 1.165) is 23.2 Å². The third-order valence-corrected chi connectivity index (χ3v) is 4.99. The molecule has 0 saturated heterocycles. The van der Waals surface area contributed by atoms with Gasteiger partial charge in [-0.2, -0.15) is 0 Å². The van der Waals surface area contributed by atoms with E-state index in [9.17, 15) is 0 Å². The first-order valence-corrected chi connectivity index (χ1v) is 8.02. The molecule has 1 N–H and O–H groups in total. The number of halogens is 1. The lowest BCUT2D eigenvalue weighted by Gasteiger charge is -2.23. The van der Waals surface area contributed by atoms with Gasteiger partial charge in [-0.3, -0.25) is 0 Å². The van der Waals surface area contributed by atoms with Gasteiger partial charge >= 0.3 is 0 Å². The summed E-state index contributed by atoms with van der Waals surface area (Å²) < 4.78 is 0. The van der Waals surface area contributed by atoms with Gasteiger partial charge in [0.25, 0.3) is 0 Å². The third-order valence-electron chi connectivity index (χ3n) is 4.80. The van der Waals surface area contributed by atoms with Crippen LogP contribution in [0, 0.1) is 11.8 Å². The Hall–Kier alpha value is -1.61. The molecule has 1 heterocycles. The summed E-state index contributed by atoms with van der Waals surface area (Å²) in [5, 5.41) is 4.08. The number of nitrogens with zero attached hydrogens (tertiary/aromatic N) is 2. The van der Waals surface area contributed by atoms with Crippen LogP contribution in [-0.2, 0) is 0 Å². The summed E-state index contributed by atoms with van der Waals surface area (Å²) in [5.74, 6) is 3.27. The molecule has 21 heavy (non-hydrogen) atoms. The third kappa shape index (κ3) is 2.62. The molecule has 4 heteroatoms. The van der Waals surface area contributed by atoms with Crippen LogP contribution in [0.4, 0.5) is 5.82 Å². The molecule has 3 atom stereocenters. The molecule has 2 aliphatic rings. The summed E-state index contributed by atoms with van der Waals surface area (Å²) >= 11 is 6.17. The van der Waals surface area contributed by atoms with Gasteiger partial charge in [0.15, 0.2) is 5.82 Å². The van der Waals surface area contributed by atoms with Gasteiger partial charge in [-0.15, -0.1) is 0 Å². The Morgan fingerprint density at radius 1 is 1.05 bits per heavy atom. The minimum absolute atomic E-state index is 0.495. The highest BCUT2D eigenvalue weighted by Crippen LogP contribution is 2.45. The van der Waals surface area contributed by atoms with Gasteiger partial charge in [0, 0.05) is 17.7 Å². The fourth-order valence-electron chi connectivity index (χ4n) is 3.82. The maximum atomic E-state index is 6.17. The van der Waals surface area contributed by atoms with E-state index in [-0.39, 0.29) is 0 Å². The summed E-state index contributed by atoms with van der Waals surface area (Å²) in [4.78, 5) is 8.99. The maximum absolute atomic E-state index is 6.17. The second-order valence-corrected chi connectivity index (χ2v) is 6.58. The molecular formula is C17H18ClN3.